The van der Waals surface area contributed by atoms with E-state index in [4.69, 9.17) is 21.1 Å². The second-order valence-electron chi connectivity index (χ2n) is 8.31. The third-order valence-electron chi connectivity index (χ3n) is 4.64. The topological polar surface area (TPSA) is 84.9 Å². The molecule has 1 atom stereocenters. The van der Waals surface area contributed by atoms with E-state index in [9.17, 15) is 9.59 Å². The Morgan fingerprint density at radius 1 is 1.23 bits per heavy atom. The van der Waals surface area contributed by atoms with Crippen LogP contribution in [0, 0.1) is 0 Å². The smallest absolute Gasteiger partial charge is 0.417 e. The summed E-state index contributed by atoms with van der Waals surface area (Å²) in [4.78, 5) is 37.0. The molecular formula is C22H27ClN4O4. The van der Waals surface area contributed by atoms with Crippen molar-refractivity contribution >= 4 is 29.7 Å². The van der Waals surface area contributed by atoms with Crippen LogP contribution in [0.25, 0.3) is 0 Å². The Bertz CT molecular complexity index is 904. The van der Waals surface area contributed by atoms with Crippen molar-refractivity contribution in [3.8, 4) is 0 Å². The summed E-state index contributed by atoms with van der Waals surface area (Å²) in [6.07, 6.45) is 1.84. The van der Waals surface area contributed by atoms with Gasteiger partial charge in [0.05, 0.1) is 6.04 Å². The molecule has 1 aliphatic heterocycles. The SMILES string of the molecule is CC(C)(C)OC(=O)N1CCCC(N(C(=O)OCc2ccccc2)c2nccc(Cl)n2)C1. The molecule has 0 N–H and O–H groups in total. The number of benzene rings is 1. The van der Waals surface area contributed by atoms with Gasteiger partial charge in [0.25, 0.3) is 0 Å². The summed E-state index contributed by atoms with van der Waals surface area (Å²) in [6.45, 7) is 6.40. The molecule has 0 aliphatic carbocycles. The molecule has 8 nitrogen and oxygen atoms in total. The normalized spacial score (nSPS) is 16.5. The Labute approximate surface area is 187 Å². The van der Waals surface area contributed by atoms with Gasteiger partial charge in [-0.1, -0.05) is 41.9 Å². The monoisotopic (exact) mass is 446 g/mol. The Morgan fingerprint density at radius 2 is 1.97 bits per heavy atom. The van der Waals surface area contributed by atoms with Crippen LogP contribution < -0.4 is 4.90 Å². The molecule has 1 fully saturated rings. The lowest BCUT2D eigenvalue weighted by Gasteiger charge is -2.38. The van der Waals surface area contributed by atoms with Crippen LogP contribution in [-0.4, -0.2) is 51.8 Å². The lowest BCUT2D eigenvalue weighted by atomic mass is 10.0. The van der Waals surface area contributed by atoms with Crippen molar-refractivity contribution in [1.82, 2.24) is 14.9 Å². The number of hydrogen-bond donors (Lipinski definition) is 0. The van der Waals surface area contributed by atoms with E-state index in [1.807, 2.05) is 51.1 Å². The van der Waals surface area contributed by atoms with E-state index in [1.165, 1.54) is 17.2 Å². The Balaban J connectivity index is 1.78. The number of rotatable bonds is 4. The molecule has 0 saturated carbocycles. The van der Waals surface area contributed by atoms with Crippen LogP contribution in [0.3, 0.4) is 0 Å². The Morgan fingerprint density at radius 3 is 2.65 bits per heavy atom. The summed E-state index contributed by atoms with van der Waals surface area (Å²) in [5.41, 5.74) is 0.260. The molecule has 1 aromatic heterocycles. The standard InChI is InChI=1S/C22H27ClN4O4/c1-22(2,3)31-20(28)26-13-7-10-17(14-26)27(19-24-12-11-18(23)25-19)21(29)30-15-16-8-5-4-6-9-16/h4-6,8-9,11-12,17H,7,10,13-15H2,1-3H3. The first-order valence-corrected chi connectivity index (χ1v) is 10.6. The highest BCUT2D eigenvalue weighted by Gasteiger charge is 2.35. The molecule has 0 bridgehead atoms. The van der Waals surface area contributed by atoms with Crippen molar-refractivity contribution in [3.05, 3.63) is 53.3 Å². The zero-order valence-corrected chi connectivity index (χ0v) is 18.7. The number of carbonyl (C=O) groups excluding carboxylic acids is 2. The van der Waals surface area contributed by atoms with Gasteiger partial charge in [0.2, 0.25) is 5.95 Å². The van der Waals surface area contributed by atoms with Crippen molar-refractivity contribution in [2.24, 2.45) is 0 Å². The fourth-order valence-electron chi connectivity index (χ4n) is 3.28. The zero-order valence-electron chi connectivity index (χ0n) is 18.0. The van der Waals surface area contributed by atoms with E-state index in [0.29, 0.717) is 19.4 Å². The number of halogens is 1. The van der Waals surface area contributed by atoms with Gasteiger partial charge in [-0.2, -0.15) is 0 Å². The number of anilines is 1. The minimum absolute atomic E-state index is 0.110. The largest absolute Gasteiger partial charge is 0.444 e. The summed E-state index contributed by atoms with van der Waals surface area (Å²) in [5.74, 6) is 0.140. The summed E-state index contributed by atoms with van der Waals surface area (Å²) in [7, 11) is 0. The van der Waals surface area contributed by atoms with Crippen molar-refractivity contribution in [1.29, 1.82) is 0 Å². The Kier molecular flexibility index (Phi) is 7.33. The molecule has 2 heterocycles. The Hall–Kier alpha value is -2.87. The van der Waals surface area contributed by atoms with Gasteiger partial charge in [0, 0.05) is 19.3 Å². The van der Waals surface area contributed by atoms with E-state index in [1.54, 1.807) is 4.90 Å². The summed E-state index contributed by atoms with van der Waals surface area (Å²) >= 11 is 6.04. The number of aromatic nitrogens is 2. The van der Waals surface area contributed by atoms with Crippen molar-refractivity contribution in [3.63, 3.8) is 0 Å². The lowest BCUT2D eigenvalue weighted by Crippen LogP contribution is -2.53. The van der Waals surface area contributed by atoms with Gasteiger partial charge in [0.1, 0.15) is 17.4 Å². The summed E-state index contributed by atoms with van der Waals surface area (Å²) in [5, 5.41) is 0.214. The molecule has 1 aromatic carbocycles. The second-order valence-corrected chi connectivity index (χ2v) is 8.70. The number of piperidine rings is 1. The molecule has 1 aliphatic rings. The lowest BCUT2D eigenvalue weighted by molar-refractivity contribution is 0.0194. The van der Waals surface area contributed by atoms with Crippen LogP contribution >= 0.6 is 11.6 Å². The summed E-state index contributed by atoms with van der Waals surface area (Å²) in [6, 6.07) is 10.6. The predicted octanol–water partition coefficient (Wildman–Crippen LogP) is 4.67. The minimum atomic E-state index is -0.603. The predicted molar refractivity (Wildman–Crippen MR) is 117 cm³/mol. The van der Waals surface area contributed by atoms with E-state index in [-0.39, 0.29) is 30.3 Å². The van der Waals surface area contributed by atoms with Crippen LogP contribution in [0.1, 0.15) is 39.2 Å². The highest BCUT2D eigenvalue weighted by atomic mass is 35.5. The van der Waals surface area contributed by atoms with Crippen LogP contribution in [0.4, 0.5) is 15.5 Å². The average molecular weight is 447 g/mol. The van der Waals surface area contributed by atoms with E-state index in [2.05, 4.69) is 9.97 Å². The average Bonchev–Trinajstić information content (AvgIpc) is 2.72. The van der Waals surface area contributed by atoms with Gasteiger partial charge in [-0.25, -0.2) is 24.5 Å². The van der Waals surface area contributed by atoms with Crippen LogP contribution in [0.15, 0.2) is 42.6 Å². The fourth-order valence-corrected chi connectivity index (χ4v) is 3.42. The highest BCUT2D eigenvalue weighted by molar-refractivity contribution is 6.29. The van der Waals surface area contributed by atoms with Crippen molar-refractivity contribution in [2.45, 2.75) is 51.9 Å². The van der Waals surface area contributed by atoms with Crippen LogP contribution in [-0.2, 0) is 16.1 Å². The first kappa shape index (κ1) is 22.8. The van der Waals surface area contributed by atoms with Gasteiger partial charge in [-0.15, -0.1) is 0 Å². The molecule has 166 valence electrons. The van der Waals surface area contributed by atoms with Gasteiger partial charge in [-0.05, 0) is 45.2 Å². The molecule has 9 heteroatoms. The van der Waals surface area contributed by atoms with Gasteiger partial charge in [0.15, 0.2) is 0 Å². The zero-order chi connectivity index (χ0) is 22.4. The van der Waals surface area contributed by atoms with Crippen LogP contribution in [0.2, 0.25) is 5.15 Å². The maximum atomic E-state index is 13.1. The number of ether oxygens (including phenoxy) is 2. The summed E-state index contributed by atoms with van der Waals surface area (Å²) < 4.78 is 11.0. The second kappa shape index (κ2) is 9.96. The molecule has 31 heavy (non-hydrogen) atoms. The molecule has 0 radical (unpaired) electrons. The molecule has 2 amide bonds. The molecule has 1 saturated heterocycles. The number of amides is 2. The van der Waals surface area contributed by atoms with Gasteiger partial charge in [-0.3, -0.25) is 0 Å². The molecule has 1 unspecified atom stereocenters. The first-order chi connectivity index (χ1) is 14.7. The molecule has 0 spiro atoms. The quantitative estimate of drug-likeness (QED) is 0.634. The highest BCUT2D eigenvalue weighted by Crippen LogP contribution is 2.24. The van der Waals surface area contributed by atoms with Crippen LogP contribution in [0.5, 0.6) is 0 Å². The maximum Gasteiger partial charge on any atom is 0.417 e. The molecule has 3 rings (SSSR count). The number of hydrogen-bond acceptors (Lipinski definition) is 6. The van der Waals surface area contributed by atoms with Gasteiger partial charge >= 0.3 is 12.2 Å². The van der Waals surface area contributed by atoms with E-state index >= 15 is 0 Å². The minimum Gasteiger partial charge on any atom is -0.444 e. The van der Waals surface area contributed by atoms with Gasteiger partial charge < -0.3 is 14.4 Å². The number of carbonyl (C=O) groups is 2. The van der Waals surface area contributed by atoms with E-state index in [0.717, 1.165) is 5.56 Å². The first-order valence-electron chi connectivity index (χ1n) is 10.2. The third-order valence-corrected chi connectivity index (χ3v) is 4.85. The fraction of sp³-hybridized carbons (Fsp3) is 0.455. The number of likely N-dealkylation sites (tertiary alicyclic amines) is 1. The van der Waals surface area contributed by atoms with Crippen molar-refractivity contribution < 1.29 is 19.1 Å². The third kappa shape index (κ3) is 6.55. The van der Waals surface area contributed by atoms with Crippen molar-refractivity contribution in [2.75, 3.05) is 18.0 Å². The molecular weight excluding hydrogens is 420 g/mol. The number of nitrogens with zero attached hydrogens (tertiary/aromatic N) is 4. The maximum absolute atomic E-state index is 13.1. The molecule has 2 aromatic rings. The van der Waals surface area contributed by atoms with E-state index < -0.39 is 17.8 Å².